The Morgan fingerprint density at radius 2 is 2.16 bits per heavy atom. The summed E-state index contributed by atoms with van der Waals surface area (Å²) in [5.74, 6) is 0.438. The van der Waals surface area contributed by atoms with E-state index in [-0.39, 0.29) is 12.5 Å². The Kier molecular flexibility index (Phi) is 4.51. The molecule has 0 aliphatic rings. The molecule has 0 bridgehead atoms. The maximum absolute atomic E-state index is 10.7. The fourth-order valence-electron chi connectivity index (χ4n) is 1.65. The maximum atomic E-state index is 10.7. The summed E-state index contributed by atoms with van der Waals surface area (Å²) in [6.45, 7) is 1.79. The lowest BCUT2D eigenvalue weighted by atomic mass is 10.2. The molecule has 2 rings (SSSR count). The summed E-state index contributed by atoms with van der Waals surface area (Å²) in [6, 6.07) is 9.68. The average Bonchev–Trinajstić information content (AvgIpc) is 2.85. The lowest BCUT2D eigenvalue weighted by Crippen LogP contribution is -2.14. The topological polar surface area (TPSA) is 80.9 Å². The van der Waals surface area contributed by atoms with Crippen molar-refractivity contribution in [3.63, 3.8) is 0 Å². The second kappa shape index (κ2) is 6.33. The summed E-state index contributed by atoms with van der Waals surface area (Å²) in [5, 5.41) is 20.2. The van der Waals surface area contributed by atoms with Crippen LogP contribution in [0.4, 0.5) is 0 Å². The van der Waals surface area contributed by atoms with Crippen LogP contribution in [-0.4, -0.2) is 31.3 Å². The minimum Gasteiger partial charge on any atom is -0.481 e. The highest BCUT2D eigenvalue weighted by Crippen LogP contribution is 2.22. The molecule has 0 amide bonds. The first-order valence-electron chi connectivity index (χ1n) is 5.83. The monoisotopic (exact) mass is 278 g/mol. The Labute approximate surface area is 114 Å². The number of aliphatic carboxylic acids is 1. The van der Waals surface area contributed by atoms with Crippen LogP contribution in [0.25, 0.3) is 0 Å². The zero-order valence-electron chi connectivity index (χ0n) is 10.4. The Balaban J connectivity index is 2.01. The molecule has 100 valence electrons. The normalized spacial score (nSPS) is 12.3. The summed E-state index contributed by atoms with van der Waals surface area (Å²) < 4.78 is 1.57. The molecule has 0 aliphatic heterocycles. The fraction of sp³-hybridized carbons (Fsp3) is 0.333. The number of nitrogens with zero attached hydrogens (tertiary/aromatic N) is 4. The second-order valence-corrected chi connectivity index (χ2v) is 5.14. The van der Waals surface area contributed by atoms with Crippen LogP contribution in [-0.2, 0) is 10.5 Å². The van der Waals surface area contributed by atoms with E-state index in [9.17, 15) is 4.79 Å². The van der Waals surface area contributed by atoms with Crippen molar-refractivity contribution in [2.45, 2.75) is 30.0 Å². The van der Waals surface area contributed by atoms with Gasteiger partial charge in [-0.25, -0.2) is 4.68 Å². The standard InChI is InChI=1S/C12H14N4O2S/c1-9(7-12(17)18)16-11(13-14-15-16)8-19-10-5-3-2-4-6-10/h2-6,9H,7-8H2,1H3,(H,17,18). The zero-order chi connectivity index (χ0) is 13.7. The third kappa shape index (κ3) is 3.78. The van der Waals surface area contributed by atoms with Crippen LogP contribution >= 0.6 is 11.8 Å². The number of aromatic nitrogens is 4. The molecule has 6 nitrogen and oxygen atoms in total. The molecular formula is C12H14N4O2S. The van der Waals surface area contributed by atoms with Crippen molar-refractivity contribution in [1.29, 1.82) is 0 Å². The van der Waals surface area contributed by atoms with E-state index >= 15 is 0 Å². The number of carbonyl (C=O) groups is 1. The molecule has 2 aromatic rings. The largest absolute Gasteiger partial charge is 0.481 e. The van der Waals surface area contributed by atoms with Crippen LogP contribution in [0.5, 0.6) is 0 Å². The van der Waals surface area contributed by atoms with E-state index < -0.39 is 5.97 Å². The van der Waals surface area contributed by atoms with Gasteiger partial charge < -0.3 is 5.11 Å². The van der Waals surface area contributed by atoms with E-state index in [1.165, 1.54) is 0 Å². The van der Waals surface area contributed by atoms with E-state index in [1.54, 1.807) is 23.4 Å². The quantitative estimate of drug-likeness (QED) is 0.814. The molecule has 1 aromatic carbocycles. The van der Waals surface area contributed by atoms with Gasteiger partial charge in [-0.15, -0.1) is 16.9 Å². The smallest absolute Gasteiger partial charge is 0.305 e. The van der Waals surface area contributed by atoms with Gasteiger partial charge >= 0.3 is 5.97 Å². The molecule has 1 N–H and O–H groups in total. The third-order valence-corrected chi connectivity index (χ3v) is 3.57. The van der Waals surface area contributed by atoms with E-state index in [4.69, 9.17) is 5.11 Å². The van der Waals surface area contributed by atoms with Gasteiger partial charge in [0.2, 0.25) is 0 Å². The van der Waals surface area contributed by atoms with E-state index in [0.717, 1.165) is 4.90 Å². The molecule has 1 aromatic heterocycles. The lowest BCUT2D eigenvalue weighted by molar-refractivity contribution is -0.137. The molecule has 19 heavy (non-hydrogen) atoms. The van der Waals surface area contributed by atoms with Crippen molar-refractivity contribution in [3.8, 4) is 0 Å². The Bertz CT molecular complexity index is 544. The number of tetrazole rings is 1. The number of carboxylic acid groups (broad SMARTS) is 1. The second-order valence-electron chi connectivity index (χ2n) is 4.09. The Morgan fingerprint density at radius 3 is 2.84 bits per heavy atom. The molecule has 0 saturated carbocycles. The maximum Gasteiger partial charge on any atom is 0.305 e. The molecule has 7 heteroatoms. The van der Waals surface area contributed by atoms with Gasteiger partial charge in [0.25, 0.3) is 0 Å². The van der Waals surface area contributed by atoms with Crippen LogP contribution in [0.2, 0.25) is 0 Å². The zero-order valence-corrected chi connectivity index (χ0v) is 11.2. The van der Waals surface area contributed by atoms with Crippen molar-refractivity contribution < 1.29 is 9.90 Å². The predicted molar refractivity (Wildman–Crippen MR) is 70.8 cm³/mol. The van der Waals surface area contributed by atoms with Gasteiger partial charge in [-0.1, -0.05) is 18.2 Å². The molecule has 0 fully saturated rings. The molecule has 0 spiro atoms. The van der Waals surface area contributed by atoms with Crippen LogP contribution in [0, 0.1) is 0 Å². The predicted octanol–water partition coefficient (Wildman–Crippen LogP) is 2.00. The van der Waals surface area contributed by atoms with Crippen molar-refractivity contribution in [2.24, 2.45) is 0 Å². The molecule has 1 atom stereocenters. The van der Waals surface area contributed by atoms with E-state index in [2.05, 4.69) is 15.5 Å². The van der Waals surface area contributed by atoms with Crippen molar-refractivity contribution in [1.82, 2.24) is 20.2 Å². The van der Waals surface area contributed by atoms with Crippen LogP contribution in [0.15, 0.2) is 35.2 Å². The highest BCUT2D eigenvalue weighted by atomic mass is 32.2. The first kappa shape index (κ1) is 13.5. The first-order chi connectivity index (χ1) is 9.16. The van der Waals surface area contributed by atoms with Crippen LogP contribution in [0.1, 0.15) is 25.2 Å². The van der Waals surface area contributed by atoms with Crippen molar-refractivity contribution in [2.75, 3.05) is 0 Å². The molecule has 0 aliphatic carbocycles. The number of thioether (sulfide) groups is 1. The molecule has 0 saturated heterocycles. The van der Waals surface area contributed by atoms with Crippen LogP contribution < -0.4 is 0 Å². The highest BCUT2D eigenvalue weighted by molar-refractivity contribution is 7.98. The molecule has 1 unspecified atom stereocenters. The lowest BCUT2D eigenvalue weighted by Gasteiger charge is -2.10. The fourth-order valence-corrected chi connectivity index (χ4v) is 2.49. The molecule has 0 radical (unpaired) electrons. The van der Waals surface area contributed by atoms with E-state index in [1.807, 2.05) is 30.3 Å². The Morgan fingerprint density at radius 1 is 1.42 bits per heavy atom. The van der Waals surface area contributed by atoms with E-state index in [0.29, 0.717) is 11.6 Å². The van der Waals surface area contributed by atoms with Gasteiger partial charge in [-0.2, -0.15) is 0 Å². The van der Waals surface area contributed by atoms with Gasteiger partial charge in [0.1, 0.15) is 0 Å². The summed E-state index contributed by atoms with van der Waals surface area (Å²) >= 11 is 1.62. The summed E-state index contributed by atoms with van der Waals surface area (Å²) in [6.07, 6.45) is 0.00798. The van der Waals surface area contributed by atoms with Crippen molar-refractivity contribution in [3.05, 3.63) is 36.2 Å². The summed E-state index contributed by atoms with van der Waals surface area (Å²) in [4.78, 5) is 11.8. The SMILES string of the molecule is CC(CC(=O)O)n1nnnc1CSc1ccccc1. The van der Waals surface area contributed by atoms with Gasteiger partial charge in [0.15, 0.2) is 5.82 Å². The van der Waals surface area contributed by atoms with Crippen molar-refractivity contribution >= 4 is 17.7 Å². The summed E-state index contributed by atoms with van der Waals surface area (Å²) in [5.41, 5.74) is 0. The molecular weight excluding hydrogens is 264 g/mol. The highest BCUT2D eigenvalue weighted by Gasteiger charge is 2.15. The number of rotatable bonds is 6. The summed E-state index contributed by atoms with van der Waals surface area (Å²) in [7, 11) is 0. The molecule has 1 heterocycles. The minimum atomic E-state index is -0.857. The average molecular weight is 278 g/mol. The van der Waals surface area contributed by atoms with Gasteiger partial charge in [-0.3, -0.25) is 4.79 Å². The third-order valence-electron chi connectivity index (χ3n) is 2.56. The number of benzene rings is 1. The first-order valence-corrected chi connectivity index (χ1v) is 6.81. The van der Waals surface area contributed by atoms with Gasteiger partial charge in [-0.05, 0) is 29.5 Å². The number of hydrogen-bond donors (Lipinski definition) is 1. The number of carboxylic acids is 1. The minimum absolute atomic E-state index is 0.00798. The van der Waals surface area contributed by atoms with Crippen LogP contribution in [0.3, 0.4) is 0 Å². The Hall–Kier alpha value is -1.89. The van der Waals surface area contributed by atoms with Gasteiger partial charge in [0, 0.05) is 4.90 Å². The van der Waals surface area contributed by atoms with Gasteiger partial charge in [0.05, 0.1) is 18.2 Å². The number of hydrogen-bond acceptors (Lipinski definition) is 5.